The predicted octanol–water partition coefficient (Wildman–Crippen LogP) is 0.492. The van der Waals surface area contributed by atoms with Crippen LogP contribution in [0.15, 0.2) is 22.6 Å². The van der Waals surface area contributed by atoms with E-state index in [0.29, 0.717) is 19.6 Å². The maximum Gasteiger partial charge on any atom is 0.194 e. The molecule has 14 heavy (non-hydrogen) atoms. The van der Waals surface area contributed by atoms with Gasteiger partial charge in [0.25, 0.3) is 0 Å². The number of rotatable bonds is 1. The summed E-state index contributed by atoms with van der Waals surface area (Å²) in [7, 11) is -3.11. The van der Waals surface area contributed by atoms with E-state index in [1.54, 1.807) is 6.08 Å². The second-order valence-corrected chi connectivity index (χ2v) is 5.06. The quantitative estimate of drug-likeness (QED) is 0.638. The number of morpholine rings is 1. The van der Waals surface area contributed by atoms with Crippen LogP contribution in [-0.4, -0.2) is 39.6 Å². The topological polar surface area (TPSA) is 46.6 Å². The van der Waals surface area contributed by atoms with Gasteiger partial charge in [-0.2, -0.15) is 0 Å². The lowest BCUT2D eigenvalue weighted by molar-refractivity contribution is 0.0529. The molecule has 0 bridgehead atoms. The lowest BCUT2D eigenvalue weighted by Crippen LogP contribution is -2.36. The van der Waals surface area contributed by atoms with Gasteiger partial charge in [-0.05, 0) is 0 Å². The molecule has 2 rings (SSSR count). The minimum Gasteiger partial charge on any atom is -0.378 e. The molecule has 0 radical (unpaired) electrons. The normalized spacial score (nSPS) is 26.0. The van der Waals surface area contributed by atoms with Gasteiger partial charge >= 0.3 is 0 Å². The molecule has 0 amide bonds. The molecule has 0 aromatic heterocycles. The van der Waals surface area contributed by atoms with Gasteiger partial charge in [0.2, 0.25) is 0 Å². The van der Waals surface area contributed by atoms with E-state index in [1.165, 1.54) is 10.8 Å². The van der Waals surface area contributed by atoms with Crippen molar-refractivity contribution >= 4 is 9.84 Å². The van der Waals surface area contributed by atoms with E-state index >= 15 is 0 Å². The van der Waals surface area contributed by atoms with Crippen LogP contribution >= 0.6 is 0 Å². The Balaban J connectivity index is 2.14. The molecule has 0 N–H and O–H groups in total. The van der Waals surface area contributed by atoms with Crippen LogP contribution in [0, 0.1) is 0 Å². The zero-order valence-electron chi connectivity index (χ0n) is 7.85. The number of sulfone groups is 1. The van der Waals surface area contributed by atoms with E-state index < -0.39 is 9.84 Å². The Morgan fingerprint density at radius 1 is 1.29 bits per heavy atom. The lowest BCUT2D eigenvalue weighted by atomic mass is 10.2. The van der Waals surface area contributed by atoms with Gasteiger partial charge in [-0.1, -0.05) is 6.08 Å². The van der Waals surface area contributed by atoms with E-state index in [2.05, 4.69) is 4.90 Å². The summed E-state index contributed by atoms with van der Waals surface area (Å²) in [5.41, 5.74) is 0.885. The molecule has 0 aliphatic carbocycles. The van der Waals surface area contributed by atoms with Crippen molar-refractivity contribution in [1.29, 1.82) is 0 Å². The molecule has 1 saturated heterocycles. The van der Waals surface area contributed by atoms with E-state index in [4.69, 9.17) is 4.74 Å². The Kier molecular flexibility index (Phi) is 2.60. The van der Waals surface area contributed by atoms with Crippen LogP contribution in [0.4, 0.5) is 0 Å². The van der Waals surface area contributed by atoms with E-state index in [0.717, 1.165) is 18.8 Å². The van der Waals surface area contributed by atoms with Crippen molar-refractivity contribution in [1.82, 2.24) is 4.90 Å². The molecule has 0 aromatic rings. The summed E-state index contributed by atoms with van der Waals surface area (Å²) in [6.45, 7) is 2.94. The summed E-state index contributed by atoms with van der Waals surface area (Å²) in [5, 5.41) is 2.62. The summed E-state index contributed by atoms with van der Waals surface area (Å²) in [4.78, 5) is 2.07. The van der Waals surface area contributed by atoms with E-state index in [9.17, 15) is 8.42 Å². The first-order valence-electron chi connectivity index (χ1n) is 4.62. The van der Waals surface area contributed by atoms with Crippen molar-refractivity contribution < 1.29 is 13.2 Å². The summed E-state index contributed by atoms with van der Waals surface area (Å²) in [6.07, 6.45) is 2.40. The minimum absolute atomic E-state index is 0.682. The second-order valence-electron chi connectivity index (χ2n) is 3.37. The summed E-state index contributed by atoms with van der Waals surface area (Å²) >= 11 is 0. The third kappa shape index (κ3) is 2.16. The summed E-state index contributed by atoms with van der Waals surface area (Å²) in [5.74, 6) is 0. The Bertz CT molecular complexity index is 364. The summed E-state index contributed by atoms with van der Waals surface area (Å²) in [6, 6.07) is 0. The molecule has 2 heterocycles. The van der Waals surface area contributed by atoms with Crippen LogP contribution in [-0.2, 0) is 14.6 Å². The van der Waals surface area contributed by atoms with Crippen LogP contribution in [0.2, 0.25) is 0 Å². The SMILES string of the molecule is O=S1(=O)C=CCC(N2CCOCC2)=C1. The van der Waals surface area contributed by atoms with Crippen LogP contribution < -0.4 is 0 Å². The first-order valence-corrected chi connectivity index (χ1v) is 6.23. The fourth-order valence-corrected chi connectivity index (χ4v) is 2.70. The highest BCUT2D eigenvalue weighted by molar-refractivity contribution is 7.97. The van der Waals surface area contributed by atoms with Gasteiger partial charge in [0.15, 0.2) is 9.84 Å². The molecule has 0 unspecified atom stereocenters. The minimum atomic E-state index is -3.11. The van der Waals surface area contributed by atoms with E-state index in [-0.39, 0.29) is 0 Å². The Hall–Kier alpha value is -0.810. The maximum absolute atomic E-state index is 11.3. The van der Waals surface area contributed by atoms with Crippen molar-refractivity contribution in [3.05, 3.63) is 22.6 Å². The first-order chi connectivity index (χ1) is 6.67. The lowest BCUT2D eigenvalue weighted by Gasteiger charge is -2.31. The molecule has 0 atom stereocenters. The fraction of sp³-hybridized carbons (Fsp3) is 0.556. The van der Waals surface area contributed by atoms with Crippen molar-refractivity contribution in [2.24, 2.45) is 0 Å². The maximum atomic E-state index is 11.3. The molecule has 4 nitrogen and oxygen atoms in total. The Labute approximate surface area is 83.8 Å². The highest BCUT2D eigenvalue weighted by Crippen LogP contribution is 2.18. The highest BCUT2D eigenvalue weighted by Gasteiger charge is 2.17. The molecule has 0 aromatic carbocycles. The summed E-state index contributed by atoms with van der Waals surface area (Å²) < 4.78 is 27.8. The number of hydrogen-bond donors (Lipinski definition) is 0. The molecule has 0 saturated carbocycles. The molecule has 2 aliphatic rings. The van der Waals surface area contributed by atoms with Gasteiger partial charge in [0, 0.05) is 30.6 Å². The van der Waals surface area contributed by atoms with Crippen LogP contribution in [0.5, 0.6) is 0 Å². The third-order valence-electron chi connectivity index (χ3n) is 2.33. The Morgan fingerprint density at radius 2 is 2.00 bits per heavy atom. The zero-order chi connectivity index (χ0) is 10.0. The first kappa shape index (κ1) is 9.73. The van der Waals surface area contributed by atoms with Crippen molar-refractivity contribution in [2.45, 2.75) is 6.42 Å². The van der Waals surface area contributed by atoms with Crippen LogP contribution in [0.1, 0.15) is 6.42 Å². The standard InChI is InChI=1S/C9H13NO3S/c11-14(12)7-1-2-9(8-14)10-3-5-13-6-4-10/h1,7-8H,2-6H2. The number of ether oxygens (including phenoxy) is 1. The zero-order valence-corrected chi connectivity index (χ0v) is 8.66. The van der Waals surface area contributed by atoms with Gasteiger partial charge in [-0.15, -0.1) is 0 Å². The second kappa shape index (κ2) is 3.74. The van der Waals surface area contributed by atoms with Gasteiger partial charge in [0.1, 0.15) is 0 Å². The smallest absolute Gasteiger partial charge is 0.194 e. The average molecular weight is 215 g/mol. The molecule has 1 fully saturated rings. The predicted molar refractivity (Wildman–Crippen MR) is 53.2 cm³/mol. The average Bonchev–Trinajstić information content (AvgIpc) is 2.18. The monoisotopic (exact) mass is 215 g/mol. The number of nitrogens with zero attached hydrogens (tertiary/aromatic N) is 1. The third-order valence-corrected chi connectivity index (χ3v) is 3.50. The number of hydrogen-bond acceptors (Lipinski definition) is 4. The van der Waals surface area contributed by atoms with Gasteiger partial charge in [-0.25, -0.2) is 8.42 Å². The number of allylic oxidation sites excluding steroid dienone is 1. The molecule has 0 spiro atoms. The molecular formula is C9H13NO3S. The molecule has 78 valence electrons. The van der Waals surface area contributed by atoms with Gasteiger partial charge in [-0.3, -0.25) is 0 Å². The Morgan fingerprint density at radius 3 is 2.64 bits per heavy atom. The molecular weight excluding hydrogens is 202 g/mol. The highest BCUT2D eigenvalue weighted by atomic mass is 32.2. The van der Waals surface area contributed by atoms with Crippen LogP contribution in [0.25, 0.3) is 0 Å². The molecule has 5 heteroatoms. The van der Waals surface area contributed by atoms with Crippen molar-refractivity contribution in [3.63, 3.8) is 0 Å². The fourth-order valence-electron chi connectivity index (χ4n) is 1.63. The van der Waals surface area contributed by atoms with Gasteiger partial charge in [0.05, 0.1) is 18.6 Å². The van der Waals surface area contributed by atoms with E-state index in [1.807, 2.05) is 0 Å². The van der Waals surface area contributed by atoms with Crippen molar-refractivity contribution in [3.8, 4) is 0 Å². The largest absolute Gasteiger partial charge is 0.378 e. The van der Waals surface area contributed by atoms with Gasteiger partial charge < -0.3 is 9.64 Å². The van der Waals surface area contributed by atoms with Crippen LogP contribution in [0.3, 0.4) is 0 Å². The molecule has 2 aliphatic heterocycles. The van der Waals surface area contributed by atoms with Crippen molar-refractivity contribution in [2.75, 3.05) is 26.3 Å².